The molecule has 4 heteroatoms. The van der Waals surface area contributed by atoms with Crippen LogP contribution >= 0.6 is 15.9 Å². The molecular formula is C8H11BrN2O. The average molecular weight is 232 g/mol. The third-order valence-electron chi connectivity index (χ3n) is 1.09. The largest absolute Gasteiger partial charge is 0.463 e. The van der Waals surface area contributed by atoms with E-state index < -0.39 is 5.89 Å². The number of nitrogens with zero attached hydrogens (tertiary/aromatic N) is 2. The lowest BCUT2D eigenvalue weighted by Crippen LogP contribution is -2.06. The number of hydrogen-bond donors (Lipinski definition) is 0. The van der Waals surface area contributed by atoms with Gasteiger partial charge in [0.25, 0.3) is 0 Å². The van der Waals surface area contributed by atoms with Gasteiger partial charge in [-0.2, -0.15) is 0 Å². The molecule has 66 valence electrons. The summed E-state index contributed by atoms with van der Waals surface area (Å²) in [4.78, 5) is 7.84. The predicted molar refractivity (Wildman–Crippen MR) is 50.1 cm³/mol. The summed E-state index contributed by atoms with van der Waals surface area (Å²) in [6.07, 6.45) is 3.22. The molecule has 0 radical (unpaired) electrons. The van der Waals surface area contributed by atoms with Gasteiger partial charge in [-0.25, -0.2) is 9.97 Å². The van der Waals surface area contributed by atoms with Crippen molar-refractivity contribution in [3.8, 4) is 6.01 Å². The molecule has 0 aliphatic carbocycles. The van der Waals surface area contributed by atoms with E-state index in [-0.39, 0.29) is 6.61 Å². The molecule has 0 bridgehead atoms. The molecule has 1 aromatic rings. The first kappa shape index (κ1) is 7.98. The van der Waals surface area contributed by atoms with Gasteiger partial charge < -0.3 is 4.74 Å². The van der Waals surface area contributed by atoms with Crippen molar-refractivity contribution in [3.63, 3.8) is 0 Å². The van der Waals surface area contributed by atoms with Gasteiger partial charge in [0.05, 0.1) is 11.1 Å². The van der Waals surface area contributed by atoms with E-state index in [1.165, 1.54) is 0 Å². The normalized spacial score (nSPS) is 12.4. The summed E-state index contributed by atoms with van der Waals surface area (Å²) in [7, 11) is 0. The Labute approximate surface area is 81.7 Å². The van der Waals surface area contributed by atoms with E-state index in [9.17, 15) is 0 Å². The molecular weight excluding hydrogens is 220 g/mol. The number of rotatable bonds is 3. The van der Waals surface area contributed by atoms with Gasteiger partial charge in [0.1, 0.15) is 0 Å². The maximum atomic E-state index is 7.53. The molecule has 0 aliphatic rings. The zero-order valence-electron chi connectivity index (χ0n) is 8.04. The molecule has 12 heavy (non-hydrogen) atoms. The molecule has 3 nitrogen and oxygen atoms in total. The number of aromatic nitrogens is 2. The minimum atomic E-state index is -0.615. The summed E-state index contributed by atoms with van der Waals surface area (Å²) in [5.41, 5.74) is 0. The fourth-order valence-corrected chi connectivity index (χ4v) is 0.789. The van der Waals surface area contributed by atoms with Gasteiger partial charge in [0.2, 0.25) is 0 Å². The van der Waals surface area contributed by atoms with Crippen LogP contribution in [0, 0.1) is 5.89 Å². The molecule has 0 fully saturated rings. The molecule has 0 saturated heterocycles. The summed E-state index contributed by atoms with van der Waals surface area (Å²) in [5.74, 6) is -0.615. The van der Waals surface area contributed by atoms with Gasteiger partial charge in [-0.05, 0) is 21.8 Å². The lowest BCUT2D eigenvalue weighted by atomic mass is 10.2. The Morgan fingerprint density at radius 1 is 1.58 bits per heavy atom. The van der Waals surface area contributed by atoms with E-state index in [1.807, 2.05) is 0 Å². The summed E-state index contributed by atoms with van der Waals surface area (Å²) in [5, 5.41) is 0. The van der Waals surface area contributed by atoms with Crippen LogP contribution in [0.5, 0.6) is 6.01 Å². The van der Waals surface area contributed by atoms with Crippen molar-refractivity contribution in [3.05, 3.63) is 16.9 Å². The predicted octanol–water partition coefficient (Wildman–Crippen LogP) is 2.27. The van der Waals surface area contributed by atoms with Crippen LogP contribution < -0.4 is 4.74 Å². The van der Waals surface area contributed by atoms with E-state index in [0.29, 0.717) is 6.01 Å². The molecule has 0 spiro atoms. The highest BCUT2D eigenvalue weighted by molar-refractivity contribution is 9.10. The Bertz CT molecular complexity index is 270. The van der Waals surface area contributed by atoms with Crippen LogP contribution in [0.1, 0.15) is 15.2 Å². The van der Waals surface area contributed by atoms with Crippen LogP contribution in [0.25, 0.3) is 0 Å². The van der Waals surface area contributed by atoms with Crippen molar-refractivity contribution in [2.24, 2.45) is 5.89 Å². The Balaban J connectivity index is 2.51. The lowest BCUT2D eigenvalue weighted by Gasteiger charge is -2.05. The van der Waals surface area contributed by atoms with Gasteiger partial charge in [-0.15, -0.1) is 0 Å². The van der Waals surface area contributed by atoms with Crippen LogP contribution in [0.15, 0.2) is 16.9 Å². The standard InChI is InChI=1S/C8H11BrN2O/c1-6(2)5-12-8-10-3-7(9)4-11-8/h3-4,6H,5H2,1-2H3/i6D. The SMILES string of the molecule is [2H]C(C)(C)COc1ncc(Br)cn1. The van der Waals surface area contributed by atoms with Crippen molar-refractivity contribution >= 4 is 15.9 Å². The van der Waals surface area contributed by atoms with Crippen LogP contribution in [0.4, 0.5) is 0 Å². The Morgan fingerprint density at radius 2 is 2.17 bits per heavy atom. The highest BCUT2D eigenvalue weighted by Gasteiger charge is 1.98. The van der Waals surface area contributed by atoms with Gasteiger partial charge in [0, 0.05) is 13.8 Å². The number of ether oxygens (including phenoxy) is 1. The second-order valence-electron chi connectivity index (χ2n) is 2.68. The molecule has 1 aromatic heterocycles. The minimum absolute atomic E-state index is 0.286. The monoisotopic (exact) mass is 231 g/mol. The lowest BCUT2D eigenvalue weighted by molar-refractivity contribution is 0.250. The summed E-state index contributed by atoms with van der Waals surface area (Å²) >= 11 is 3.22. The van der Waals surface area contributed by atoms with Crippen molar-refractivity contribution in [2.75, 3.05) is 6.61 Å². The van der Waals surface area contributed by atoms with Crippen LogP contribution in [0.3, 0.4) is 0 Å². The highest BCUT2D eigenvalue weighted by atomic mass is 79.9. The molecule has 0 amide bonds. The average Bonchev–Trinajstić information content (AvgIpc) is 2.02. The smallest absolute Gasteiger partial charge is 0.316 e. The summed E-state index contributed by atoms with van der Waals surface area (Å²) < 4.78 is 13.5. The summed E-state index contributed by atoms with van der Waals surface area (Å²) in [6.45, 7) is 3.83. The molecule has 0 N–H and O–H groups in total. The van der Waals surface area contributed by atoms with E-state index in [4.69, 9.17) is 6.11 Å². The first-order valence-corrected chi connectivity index (χ1v) is 4.37. The maximum Gasteiger partial charge on any atom is 0.316 e. The topological polar surface area (TPSA) is 35.0 Å². The molecule has 0 atom stereocenters. The molecule has 1 heterocycles. The van der Waals surface area contributed by atoms with E-state index in [2.05, 4.69) is 25.9 Å². The Kier molecular flexibility index (Phi) is 2.93. The Hall–Kier alpha value is -0.640. The zero-order chi connectivity index (χ0) is 9.90. The van der Waals surface area contributed by atoms with Gasteiger partial charge in [-0.3, -0.25) is 0 Å². The van der Waals surface area contributed by atoms with Crippen LogP contribution in [-0.2, 0) is 0 Å². The fourth-order valence-electron chi connectivity index (χ4n) is 0.584. The number of hydrogen-bond acceptors (Lipinski definition) is 3. The van der Waals surface area contributed by atoms with Crippen LogP contribution in [0.2, 0.25) is 0 Å². The maximum absolute atomic E-state index is 7.53. The van der Waals surface area contributed by atoms with E-state index >= 15 is 0 Å². The van der Waals surface area contributed by atoms with E-state index in [1.54, 1.807) is 26.2 Å². The third-order valence-corrected chi connectivity index (χ3v) is 1.50. The second kappa shape index (κ2) is 4.40. The van der Waals surface area contributed by atoms with Crippen molar-refractivity contribution in [1.29, 1.82) is 0 Å². The van der Waals surface area contributed by atoms with Gasteiger partial charge in [0.15, 0.2) is 0 Å². The third kappa shape index (κ3) is 3.17. The highest BCUT2D eigenvalue weighted by Crippen LogP contribution is 2.08. The molecule has 0 unspecified atom stereocenters. The van der Waals surface area contributed by atoms with E-state index in [0.717, 1.165) is 4.47 Å². The minimum Gasteiger partial charge on any atom is -0.463 e. The Morgan fingerprint density at radius 3 is 2.67 bits per heavy atom. The first-order chi connectivity index (χ1) is 5.97. The molecule has 1 rings (SSSR count). The molecule has 0 aromatic carbocycles. The van der Waals surface area contributed by atoms with Gasteiger partial charge >= 0.3 is 6.01 Å². The number of halogens is 1. The molecule has 0 saturated carbocycles. The van der Waals surface area contributed by atoms with Crippen molar-refractivity contribution in [2.45, 2.75) is 13.8 Å². The fraction of sp³-hybridized carbons (Fsp3) is 0.500. The molecule has 0 aliphatic heterocycles. The van der Waals surface area contributed by atoms with Crippen LogP contribution in [-0.4, -0.2) is 16.6 Å². The quantitative estimate of drug-likeness (QED) is 0.801. The van der Waals surface area contributed by atoms with Gasteiger partial charge in [-0.1, -0.05) is 13.8 Å². The second-order valence-corrected chi connectivity index (χ2v) is 3.60. The first-order valence-electron chi connectivity index (χ1n) is 4.08. The zero-order valence-corrected chi connectivity index (χ0v) is 8.63. The van der Waals surface area contributed by atoms with Crippen molar-refractivity contribution < 1.29 is 6.11 Å². The van der Waals surface area contributed by atoms with Crippen molar-refractivity contribution in [1.82, 2.24) is 9.97 Å². The summed E-state index contributed by atoms with van der Waals surface area (Å²) in [6, 6.07) is 0.309.